The highest BCUT2D eigenvalue weighted by Gasteiger charge is 2.30. The van der Waals surface area contributed by atoms with Gasteiger partial charge in [0, 0.05) is 17.0 Å². The predicted molar refractivity (Wildman–Crippen MR) is 77.5 cm³/mol. The number of thiophene rings is 1. The largest absolute Gasteiger partial charge is 0.396 e. The van der Waals surface area contributed by atoms with Crippen LogP contribution < -0.4 is 4.72 Å². The highest BCUT2D eigenvalue weighted by molar-refractivity contribution is 9.11. The van der Waals surface area contributed by atoms with Gasteiger partial charge in [0.25, 0.3) is 0 Å². The molecule has 104 valence electrons. The maximum atomic E-state index is 12.3. The molecule has 0 amide bonds. The van der Waals surface area contributed by atoms with Gasteiger partial charge in [-0.2, -0.15) is 0 Å². The monoisotopic (exact) mass is 355 g/mol. The van der Waals surface area contributed by atoms with Crippen molar-refractivity contribution in [2.24, 2.45) is 0 Å². The standard InChI is InChI=1S/C11H18BrNO3S2/c1-4-11(3,5-6-14)13-18(15,16)9-7-10(12)17-8(9)2/h7,13-14H,4-6H2,1-3H3. The Bertz CT molecular complexity index is 512. The quantitative estimate of drug-likeness (QED) is 0.824. The van der Waals surface area contributed by atoms with Crippen LogP contribution >= 0.6 is 27.3 Å². The lowest BCUT2D eigenvalue weighted by molar-refractivity contribution is 0.233. The summed E-state index contributed by atoms with van der Waals surface area (Å²) < 4.78 is 28.1. The molecule has 4 nitrogen and oxygen atoms in total. The third-order valence-electron chi connectivity index (χ3n) is 2.96. The van der Waals surface area contributed by atoms with Gasteiger partial charge in [-0.1, -0.05) is 6.92 Å². The van der Waals surface area contributed by atoms with Crippen LogP contribution in [0, 0.1) is 6.92 Å². The molecular formula is C11H18BrNO3S2. The average Bonchev–Trinajstić information content (AvgIpc) is 2.58. The number of halogens is 1. The first-order valence-electron chi connectivity index (χ1n) is 5.65. The number of aryl methyl sites for hydroxylation is 1. The van der Waals surface area contributed by atoms with Crippen LogP contribution in [-0.2, 0) is 10.0 Å². The Balaban J connectivity index is 3.05. The molecule has 0 saturated carbocycles. The molecule has 1 unspecified atom stereocenters. The van der Waals surface area contributed by atoms with Crippen molar-refractivity contribution in [1.29, 1.82) is 0 Å². The first kappa shape index (κ1) is 16.1. The minimum absolute atomic E-state index is 0.0425. The summed E-state index contributed by atoms with van der Waals surface area (Å²) in [4.78, 5) is 1.05. The normalized spacial score (nSPS) is 15.6. The zero-order chi connectivity index (χ0) is 14.0. The molecular weight excluding hydrogens is 338 g/mol. The first-order chi connectivity index (χ1) is 8.24. The van der Waals surface area contributed by atoms with Crippen molar-refractivity contribution in [3.63, 3.8) is 0 Å². The molecule has 0 bridgehead atoms. The first-order valence-corrected chi connectivity index (χ1v) is 8.74. The van der Waals surface area contributed by atoms with Gasteiger partial charge in [0.1, 0.15) is 0 Å². The molecule has 1 atom stereocenters. The predicted octanol–water partition coefficient (Wildman–Crippen LogP) is 2.65. The molecule has 1 rings (SSSR count). The van der Waals surface area contributed by atoms with Gasteiger partial charge < -0.3 is 5.11 Å². The summed E-state index contributed by atoms with van der Waals surface area (Å²) in [5, 5.41) is 9.02. The van der Waals surface area contributed by atoms with Gasteiger partial charge in [-0.05, 0) is 48.7 Å². The second kappa shape index (κ2) is 6.00. The molecule has 18 heavy (non-hydrogen) atoms. The van der Waals surface area contributed by atoms with Crippen molar-refractivity contribution in [3.05, 3.63) is 14.7 Å². The second-order valence-electron chi connectivity index (χ2n) is 4.46. The van der Waals surface area contributed by atoms with E-state index in [2.05, 4.69) is 20.7 Å². The second-order valence-corrected chi connectivity index (χ2v) is 8.75. The molecule has 0 aliphatic rings. The van der Waals surface area contributed by atoms with Crippen LogP contribution in [0.1, 0.15) is 31.6 Å². The summed E-state index contributed by atoms with van der Waals surface area (Å²) in [7, 11) is -3.54. The highest BCUT2D eigenvalue weighted by Crippen LogP contribution is 2.30. The number of hydrogen-bond donors (Lipinski definition) is 2. The van der Waals surface area contributed by atoms with Crippen LogP contribution in [-0.4, -0.2) is 25.7 Å². The fourth-order valence-corrected chi connectivity index (χ4v) is 5.55. The molecule has 2 N–H and O–H groups in total. The third kappa shape index (κ3) is 3.77. The maximum Gasteiger partial charge on any atom is 0.242 e. The smallest absolute Gasteiger partial charge is 0.242 e. The van der Waals surface area contributed by atoms with E-state index in [1.807, 2.05) is 6.92 Å². The molecule has 1 aromatic heterocycles. The maximum absolute atomic E-state index is 12.3. The summed E-state index contributed by atoms with van der Waals surface area (Å²) in [6.45, 7) is 5.44. The van der Waals surface area contributed by atoms with E-state index in [0.29, 0.717) is 17.7 Å². The van der Waals surface area contributed by atoms with E-state index in [4.69, 9.17) is 5.11 Å². The van der Waals surface area contributed by atoms with Crippen LogP contribution in [0.5, 0.6) is 0 Å². The minimum Gasteiger partial charge on any atom is -0.396 e. The van der Waals surface area contributed by atoms with Crippen molar-refractivity contribution in [2.45, 2.75) is 44.0 Å². The van der Waals surface area contributed by atoms with Crippen molar-refractivity contribution in [2.75, 3.05) is 6.61 Å². The number of sulfonamides is 1. The molecule has 1 heterocycles. The van der Waals surface area contributed by atoms with E-state index in [1.54, 1.807) is 19.9 Å². The fourth-order valence-electron chi connectivity index (χ4n) is 1.62. The Hall–Kier alpha value is 0.0500. The Kier molecular flexibility index (Phi) is 5.37. The van der Waals surface area contributed by atoms with Crippen molar-refractivity contribution in [3.8, 4) is 0 Å². The van der Waals surface area contributed by atoms with Crippen molar-refractivity contribution in [1.82, 2.24) is 4.72 Å². The van der Waals surface area contributed by atoms with Crippen molar-refractivity contribution < 1.29 is 13.5 Å². The van der Waals surface area contributed by atoms with Crippen LogP contribution in [0.4, 0.5) is 0 Å². The van der Waals surface area contributed by atoms with Crippen molar-refractivity contribution >= 4 is 37.3 Å². The Morgan fingerprint density at radius 1 is 1.56 bits per heavy atom. The number of aliphatic hydroxyl groups excluding tert-OH is 1. The SMILES string of the molecule is CCC(C)(CCO)NS(=O)(=O)c1cc(Br)sc1C. The van der Waals surface area contributed by atoms with Gasteiger partial charge in [0.05, 0.1) is 8.68 Å². The van der Waals surface area contributed by atoms with Gasteiger partial charge in [0.15, 0.2) is 0 Å². The van der Waals surface area contributed by atoms with Crippen LogP contribution in [0.25, 0.3) is 0 Å². The lowest BCUT2D eigenvalue weighted by atomic mass is 9.97. The Labute approximate surface area is 121 Å². The lowest BCUT2D eigenvalue weighted by Gasteiger charge is -2.28. The summed E-state index contributed by atoms with van der Waals surface area (Å²) in [6.07, 6.45) is 1.02. The summed E-state index contributed by atoms with van der Waals surface area (Å²) >= 11 is 4.68. The number of hydrogen-bond acceptors (Lipinski definition) is 4. The lowest BCUT2D eigenvalue weighted by Crippen LogP contribution is -2.46. The van der Waals surface area contributed by atoms with E-state index in [9.17, 15) is 8.42 Å². The molecule has 0 radical (unpaired) electrons. The van der Waals surface area contributed by atoms with E-state index in [0.717, 1.165) is 8.66 Å². The number of rotatable bonds is 6. The Morgan fingerprint density at radius 3 is 2.56 bits per heavy atom. The van der Waals surface area contributed by atoms with Gasteiger partial charge in [-0.25, -0.2) is 13.1 Å². The molecule has 7 heteroatoms. The van der Waals surface area contributed by atoms with Crippen LogP contribution in [0.15, 0.2) is 14.7 Å². The summed E-state index contributed by atoms with van der Waals surface area (Å²) in [5.41, 5.74) is -0.617. The summed E-state index contributed by atoms with van der Waals surface area (Å²) in [6, 6.07) is 1.61. The third-order valence-corrected chi connectivity index (χ3v) is 6.40. The van der Waals surface area contributed by atoms with Gasteiger partial charge in [-0.3, -0.25) is 0 Å². The molecule has 0 aliphatic carbocycles. The number of nitrogens with one attached hydrogen (secondary N) is 1. The Morgan fingerprint density at radius 2 is 2.17 bits per heavy atom. The molecule has 0 aliphatic heterocycles. The molecule has 1 aromatic rings. The fraction of sp³-hybridized carbons (Fsp3) is 0.636. The van der Waals surface area contributed by atoms with Crippen LogP contribution in [0.2, 0.25) is 0 Å². The van der Waals surface area contributed by atoms with Gasteiger partial charge >= 0.3 is 0 Å². The summed E-state index contributed by atoms with van der Waals surface area (Å²) in [5.74, 6) is 0. The average molecular weight is 356 g/mol. The molecule has 0 spiro atoms. The van der Waals surface area contributed by atoms with Gasteiger partial charge in [-0.15, -0.1) is 11.3 Å². The molecule has 0 aromatic carbocycles. The minimum atomic E-state index is -3.54. The zero-order valence-electron chi connectivity index (χ0n) is 10.7. The van der Waals surface area contributed by atoms with E-state index < -0.39 is 15.6 Å². The topological polar surface area (TPSA) is 66.4 Å². The van der Waals surface area contributed by atoms with E-state index >= 15 is 0 Å². The van der Waals surface area contributed by atoms with Crippen LogP contribution in [0.3, 0.4) is 0 Å². The molecule has 0 fully saturated rings. The van der Waals surface area contributed by atoms with Gasteiger partial charge in [0.2, 0.25) is 10.0 Å². The number of aliphatic hydroxyl groups is 1. The van der Waals surface area contributed by atoms with E-state index in [-0.39, 0.29) is 6.61 Å². The highest BCUT2D eigenvalue weighted by atomic mass is 79.9. The zero-order valence-corrected chi connectivity index (χ0v) is 13.9. The molecule has 0 saturated heterocycles. The van der Waals surface area contributed by atoms with E-state index in [1.165, 1.54) is 11.3 Å².